The van der Waals surface area contributed by atoms with Crippen molar-refractivity contribution in [1.82, 2.24) is 14.9 Å². The van der Waals surface area contributed by atoms with Crippen molar-refractivity contribution in [3.63, 3.8) is 0 Å². The summed E-state index contributed by atoms with van der Waals surface area (Å²) in [6.45, 7) is 0.622. The number of carbonyl (C=O) groups is 1. The first kappa shape index (κ1) is 19.1. The summed E-state index contributed by atoms with van der Waals surface area (Å²) in [5.74, 6) is 1.11. The molecule has 29 heavy (non-hydrogen) atoms. The van der Waals surface area contributed by atoms with Crippen molar-refractivity contribution in [1.29, 1.82) is 0 Å². The van der Waals surface area contributed by atoms with E-state index >= 15 is 0 Å². The quantitative estimate of drug-likeness (QED) is 0.648. The molecule has 0 bridgehead atoms. The van der Waals surface area contributed by atoms with Crippen molar-refractivity contribution in [2.75, 3.05) is 13.7 Å². The molecular weight excluding hydrogens is 373 g/mol. The molecule has 0 N–H and O–H groups in total. The summed E-state index contributed by atoms with van der Waals surface area (Å²) in [7, 11) is 1.50. The van der Waals surface area contributed by atoms with Crippen LogP contribution in [-0.4, -0.2) is 34.4 Å². The molecule has 0 radical (unpaired) electrons. The van der Waals surface area contributed by atoms with Crippen LogP contribution < -0.4 is 4.74 Å². The van der Waals surface area contributed by atoms with Gasteiger partial charge in [-0.15, -0.1) is 0 Å². The van der Waals surface area contributed by atoms with Crippen LogP contribution in [0.4, 0.5) is 4.39 Å². The van der Waals surface area contributed by atoms with Gasteiger partial charge in [-0.3, -0.25) is 4.79 Å². The van der Waals surface area contributed by atoms with E-state index < -0.39 is 0 Å². The Morgan fingerprint density at radius 2 is 2.07 bits per heavy atom. The summed E-state index contributed by atoms with van der Waals surface area (Å²) in [5.41, 5.74) is 1.37. The summed E-state index contributed by atoms with van der Waals surface area (Å²) in [5, 5.41) is 0. The SMILES string of the molecule is COc1ncccc1C(=O)N1CCCCC1c1ncc(Cc2ccc(F)cc2)o1. The lowest BCUT2D eigenvalue weighted by Crippen LogP contribution is -2.38. The Bertz CT molecular complexity index is 987. The lowest BCUT2D eigenvalue weighted by Gasteiger charge is -2.34. The third-order valence-electron chi connectivity index (χ3n) is 5.11. The number of oxazole rings is 1. The standard InChI is InChI=1S/C22H22FN3O3/c1-28-20-18(5-4-11-24-20)22(27)26-12-3-2-6-19(26)21-25-14-17(29-21)13-15-7-9-16(23)10-8-15/h4-5,7-11,14,19H,2-3,6,12-13H2,1H3. The molecule has 4 rings (SSSR count). The molecule has 150 valence electrons. The molecule has 3 aromatic rings. The summed E-state index contributed by atoms with van der Waals surface area (Å²) in [4.78, 5) is 23.6. The smallest absolute Gasteiger partial charge is 0.260 e. The topological polar surface area (TPSA) is 68.5 Å². The molecular formula is C22H22FN3O3. The Kier molecular flexibility index (Phi) is 5.55. The van der Waals surface area contributed by atoms with E-state index in [1.54, 1.807) is 41.6 Å². The van der Waals surface area contributed by atoms with Gasteiger partial charge in [0.25, 0.3) is 5.91 Å². The predicted octanol–water partition coefficient (Wildman–Crippen LogP) is 4.18. The maximum Gasteiger partial charge on any atom is 0.260 e. The second-order valence-corrected chi connectivity index (χ2v) is 7.04. The zero-order valence-electron chi connectivity index (χ0n) is 16.2. The number of hydrogen-bond acceptors (Lipinski definition) is 5. The van der Waals surface area contributed by atoms with E-state index in [1.165, 1.54) is 19.2 Å². The van der Waals surface area contributed by atoms with E-state index in [0.717, 1.165) is 24.8 Å². The minimum absolute atomic E-state index is 0.141. The van der Waals surface area contributed by atoms with Gasteiger partial charge in [0.2, 0.25) is 11.8 Å². The number of halogens is 1. The Morgan fingerprint density at radius 1 is 1.24 bits per heavy atom. The number of nitrogens with zero attached hydrogens (tertiary/aromatic N) is 3. The number of aromatic nitrogens is 2. The molecule has 1 fully saturated rings. The van der Waals surface area contributed by atoms with Crippen LogP contribution in [0.15, 0.2) is 53.2 Å². The minimum Gasteiger partial charge on any atom is -0.480 e. The monoisotopic (exact) mass is 395 g/mol. The number of carbonyl (C=O) groups excluding carboxylic acids is 1. The molecule has 1 amide bonds. The van der Waals surface area contributed by atoms with E-state index in [2.05, 4.69) is 9.97 Å². The second kappa shape index (κ2) is 8.43. The number of rotatable bonds is 5. The Hall–Kier alpha value is -3.22. The van der Waals surface area contributed by atoms with Gasteiger partial charge in [0.15, 0.2) is 0 Å². The third kappa shape index (κ3) is 4.13. The van der Waals surface area contributed by atoms with E-state index in [1.807, 2.05) is 0 Å². The zero-order valence-corrected chi connectivity index (χ0v) is 16.2. The lowest BCUT2D eigenvalue weighted by molar-refractivity contribution is 0.0566. The van der Waals surface area contributed by atoms with Crippen LogP contribution in [0.25, 0.3) is 0 Å². The maximum atomic E-state index is 13.2. The van der Waals surface area contributed by atoms with Gasteiger partial charge in [0, 0.05) is 19.2 Å². The predicted molar refractivity (Wildman–Crippen MR) is 104 cm³/mol. The Labute approximate surface area is 168 Å². The number of hydrogen-bond donors (Lipinski definition) is 0. The number of amides is 1. The van der Waals surface area contributed by atoms with Gasteiger partial charge < -0.3 is 14.1 Å². The van der Waals surface area contributed by atoms with Gasteiger partial charge in [-0.05, 0) is 49.1 Å². The van der Waals surface area contributed by atoms with Crippen molar-refractivity contribution in [2.24, 2.45) is 0 Å². The molecule has 7 heteroatoms. The number of pyridine rings is 1. The first-order valence-electron chi connectivity index (χ1n) is 9.64. The van der Waals surface area contributed by atoms with Gasteiger partial charge in [0.1, 0.15) is 23.2 Å². The fourth-order valence-corrected chi connectivity index (χ4v) is 3.66. The highest BCUT2D eigenvalue weighted by molar-refractivity contribution is 5.96. The molecule has 1 aromatic carbocycles. The van der Waals surface area contributed by atoms with Crippen LogP contribution in [0.5, 0.6) is 5.88 Å². The first-order chi connectivity index (χ1) is 14.2. The summed E-state index contributed by atoms with van der Waals surface area (Å²) in [6, 6.07) is 9.51. The lowest BCUT2D eigenvalue weighted by atomic mass is 10.0. The highest BCUT2D eigenvalue weighted by Gasteiger charge is 2.33. The summed E-state index contributed by atoms with van der Waals surface area (Å²) >= 11 is 0. The number of likely N-dealkylation sites (tertiary alicyclic amines) is 1. The second-order valence-electron chi connectivity index (χ2n) is 7.04. The van der Waals surface area contributed by atoms with E-state index in [9.17, 15) is 9.18 Å². The van der Waals surface area contributed by atoms with Gasteiger partial charge in [-0.1, -0.05) is 12.1 Å². The summed E-state index contributed by atoms with van der Waals surface area (Å²) in [6.07, 6.45) is 6.50. The molecule has 0 aliphatic carbocycles. The molecule has 1 aliphatic rings. The van der Waals surface area contributed by atoms with E-state index in [-0.39, 0.29) is 17.8 Å². The average molecular weight is 395 g/mol. The third-order valence-corrected chi connectivity index (χ3v) is 5.11. The fraction of sp³-hybridized carbons (Fsp3) is 0.318. The van der Waals surface area contributed by atoms with Crippen LogP contribution in [0.3, 0.4) is 0 Å². The molecule has 0 saturated carbocycles. The molecule has 1 atom stereocenters. The Balaban J connectivity index is 1.55. The van der Waals surface area contributed by atoms with Crippen molar-refractivity contribution in [3.8, 4) is 5.88 Å². The number of piperidine rings is 1. The fourth-order valence-electron chi connectivity index (χ4n) is 3.66. The molecule has 0 spiro atoms. The molecule has 6 nitrogen and oxygen atoms in total. The van der Waals surface area contributed by atoms with Gasteiger partial charge >= 0.3 is 0 Å². The van der Waals surface area contributed by atoms with Crippen LogP contribution in [0.1, 0.15) is 52.9 Å². The number of methoxy groups -OCH3 is 1. The van der Waals surface area contributed by atoms with Crippen molar-refractivity contribution < 1.29 is 18.3 Å². The van der Waals surface area contributed by atoms with Gasteiger partial charge in [-0.2, -0.15) is 0 Å². The first-order valence-corrected chi connectivity index (χ1v) is 9.64. The van der Waals surface area contributed by atoms with Crippen LogP contribution in [0.2, 0.25) is 0 Å². The van der Waals surface area contributed by atoms with E-state index in [4.69, 9.17) is 9.15 Å². The normalized spacial score (nSPS) is 16.6. The largest absolute Gasteiger partial charge is 0.480 e. The number of ether oxygens (including phenoxy) is 1. The minimum atomic E-state index is -0.269. The highest BCUT2D eigenvalue weighted by atomic mass is 19.1. The molecule has 3 heterocycles. The van der Waals surface area contributed by atoms with Crippen molar-refractivity contribution in [2.45, 2.75) is 31.7 Å². The van der Waals surface area contributed by atoms with Crippen LogP contribution in [0, 0.1) is 5.82 Å². The molecule has 1 saturated heterocycles. The van der Waals surface area contributed by atoms with Gasteiger partial charge in [0.05, 0.1) is 13.3 Å². The van der Waals surface area contributed by atoms with Crippen molar-refractivity contribution in [3.05, 3.63) is 77.4 Å². The van der Waals surface area contributed by atoms with E-state index in [0.29, 0.717) is 36.1 Å². The average Bonchev–Trinajstić information content (AvgIpc) is 3.23. The van der Waals surface area contributed by atoms with Crippen LogP contribution >= 0.6 is 0 Å². The maximum absolute atomic E-state index is 13.2. The molecule has 1 aliphatic heterocycles. The molecule has 2 aromatic heterocycles. The summed E-state index contributed by atoms with van der Waals surface area (Å²) < 4.78 is 24.3. The van der Waals surface area contributed by atoms with Crippen LogP contribution in [-0.2, 0) is 6.42 Å². The zero-order chi connectivity index (χ0) is 20.2. The Morgan fingerprint density at radius 3 is 2.86 bits per heavy atom. The van der Waals surface area contributed by atoms with Gasteiger partial charge in [-0.25, -0.2) is 14.4 Å². The number of benzene rings is 1. The molecule has 1 unspecified atom stereocenters. The highest BCUT2D eigenvalue weighted by Crippen LogP contribution is 2.33. The van der Waals surface area contributed by atoms with Crippen molar-refractivity contribution >= 4 is 5.91 Å².